The van der Waals surface area contributed by atoms with Crippen molar-refractivity contribution in [3.63, 3.8) is 0 Å². The van der Waals surface area contributed by atoms with E-state index in [0.29, 0.717) is 0 Å². The van der Waals surface area contributed by atoms with E-state index in [2.05, 4.69) is 6.58 Å². The molecule has 0 spiro atoms. The zero-order chi connectivity index (χ0) is 9.68. The second-order valence-corrected chi connectivity index (χ2v) is 3.46. The van der Waals surface area contributed by atoms with Crippen LogP contribution >= 0.6 is 24.0 Å². The van der Waals surface area contributed by atoms with Gasteiger partial charge in [0.1, 0.15) is 0 Å². The molecule has 0 aliphatic rings. The van der Waals surface area contributed by atoms with Gasteiger partial charge in [-0.05, 0) is 30.5 Å². The lowest BCUT2D eigenvalue weighted by atomic mass is 10.0. The van der Waals surface area contributed by atoms with Crippen molar-refractivity contribution in [3.05, 3.63) is 47.5 Å². The fourth-order valence-corrected chi connectivity index (χ4v) is 1.40. The van der Waals surface area contributed by atoms with Crippen LogP contribution in [0.3, 0.4) is 0 Å². The summed E-state index contributed by atoms with van der Waals surface area (Å²) in [6, 6.07) is 7.75. The van der Waals surface area contributed by atoms with Gasteiger partial charge in [-0.15, -0.1) is 19.0 Å². The van der Waals surface area contributed by atoms with Crippen LogP contribution in [0.25, 0.3) is 0 Å². The third kappa shape index (κ3) is 4.14. The van der Waals surface area contributed by atoms with Crippen LogP contribution in [-0.4, -0.2) is 0 Å². The lowest BCUT2D eigenvalue weighted by molar-refractivity contribution is 0.661. The van der Waals surface area contributed by atoms with Gasteiger partial charge >= 0.3 is 0 Å². The normalized spacial score (nSPS) is 11.6. The van der Waals surface area contributed by atoms with Crippen molar-refractivity contribution < 1.29 is 0 Å². The molecule has 1 aromatic rings. The molecule has 0 unspecified atom stereocenters. The zero-order valence-electron chi connectivity index (χ0n) is 7.95. The van der Waals surface area contributed by atoms with Crippen molar-refractivity contribution in [2.24, 2.45) is 5.73 Å². The van der Waals surface area contributed by atoms with Crippen LogP contribution in [0.5, 0.6) is 0 Å². The Hall–Kier alpha value is -0.500. The molecule has 0 bridgehead atoms. The Morgan fingerprint density at radius 2 is 2.21 bits per heavy atom. The van der Waals surface area contributed by atoms with Crippen LogP contribution in [0.2, 0.25) is 5.02 Å². The molecule has 1 nitrogen and oxygen atoms in total. The predicted octanol–water partition coefficient (Wildman–Crippen LogP) is 3.73. The second-order valence-electron chi connectivity index (χ2n) is 3.03. The second kappa shape index (κ2) is 6.88. The summed E-state index contributed by atoms with van der Waals surface area (Å²) in [7, 11) is 0. The molecule has 0 amide bonds. The molecule has 0 saturated carbocycles. The average molecular weight is 232 g/mol. The smallest absolute Gasteiger partial charge is 0.0409 e. The van der Waals surface area contributed by atoms with Crippen LogP contribution in [-0.2, 0) is 0 Å². The Labute approximate surface area is 96.4 Å². The summed E-state index contributed by atoms with van der Waals surface area (Å²) in [6.07, 6.45) is 3.74. The highest BCUT2D eigenvalue weighted by Gasteiger charge is 2.04. The van der Waals surface area contributed by atoms with Crippen molar-refractivity contribution >= 4 is 24.0 Å². The molecule has 2 N–H and O–H groups in total. The van der Waals surface area contributed by atoms with Gasteiger partial charge in [-0.3, -0.25) is 0 Å². The molecule has 78 valence electrons. The molecular weight excluding hydrogens is 217 g/mol. The molecule has 0 heterocycles. The highest BCUT2D eigenvalue weighted by Crippen LogP contribution is 2.19. The van der Waals surface area contributed by atoms with E-state index in [-0.39, 0.29) is 18.4 Å². The average Bonchev–Trinajstić information content (AvgIpc) is 2.14. The van der Waals surface area contributed by atoms with Crippen LogP contribution < -0.4 is 5.73 Å². The van der Waals surface area contributed by atoms with Gasteiger partial charge in [0.2, 0.25) is 0 Å². The lowest BCUT2D eigenvalue weighted by Crippen LogP contribution is -2.09. The monoisotopic (exact) mass is 231 g/mol. The molecular formula is C11H15Cl2N. The summed E-state index contributed by atoms with van der Waals surface area (Å²) in [6.45, 7) is 3.66. The van der Waals surface area contributed by atoms with E-state index in [4.69, 9.17) is 17.3 Å². The molecule has 0 radical (unpaired) electrons. The topological polar surface area (TPSA) is 26.0 Å². The quantitative estimate of drug-likeness (QED) is 0.786. The van der Waals surface area contributed by atoms with Gasteiger partial charge in [0.05, 0.1) is 0 Å². The van der Waals surface area contributed by atoms with E-state index in [1.54, 1.807) is 0 Å². The largest absolute Gasteiger partial charge is 0.324 e. The lowest BCUT2D eigenvalue weighted by Gasteiger charge is -2.10. The fraction of sp³-hybridized carbons (Fsp3) is 0.273. The SMILES string of the molecule is C=CCC[C@H](N)c1cccc(Cl)c1.Cl. The Balaban J connectivity index is 0.00000169. The predicted molar refractivity (Wildman–Crippen MR) is 65.1 cm³/mol. The Morgan fingerprint density at radius 3 is 2.79 bits per heavy atom. The third-order valence-electron chi connectivity index (χ3n) is 1.96. The maximum Gasteiger partial charge on any atom is 0.0409 e. The summed E-state index contributed by atoms with van der Waals surface area (Å²) in [5, 5.41) is 0.742. The van der Waals surface area contributed by atoms with Crippen LogP contribution in [0, 0.1) is 0 Å². The van der Waals surface area contributed by atoms with Crippen molar-refractivity contribution in [2.45, 2.75) is 18.9 Å². The summed E-state index contributed by atoms with van der Waals surface area (Å²) in [5.41, 5.74) is 7.04. The van der Waals surface area contributed by atoms with E-state index in [0.717, 1.165) is 23.4 Å². The van der Waals surface area contributed by atoms with E-state index in [9.17, 15) is 0 Å². The van der Waals surface area contributed by atoms with Gasteiger partial charge in [-0.2, -0.15) is 0 Å². The van der Waals surface area contributed by atoms with Crippen molar-refractivity contribution in [3.8, 4) is 0 Å². The van der Waals surface area contributed by atoms with E-state index >= 15 is 0 Å². The standard InChI is InChI=1S/C11H14ClN.ClH/c1-2-3-7-11(13)9-5-4-6-10(12)8-9;/h2,4-6,8,11H,1,3,7,13H2;1H/t11-;/m0./s1. The summed E-state index contributed by atoms with van der Waals surface area (Å²) < 4.78 is 0. The number of hydrogen-bond acceptors (Lipinski definition) is 1. The first-order valence-electron chi connectivity index (χ1n) is 4.36. The highest BCUT2D eigenvalue weighted by molar-refractivity contribution is 6.30. The summed E-state index contributed by atoms with van der Waals surface area (Å²) in [5.74, 6) is 0. The van der Waals surface area contributed by atoms with Gasteiger partial charge in [0.15, 0.2) is 0 Å². The van der Waals surface area contributed by atoms with Crippen molar-refractivity contribution in [1.29, 1.82) is 0 Å². The van der Waals surface area contributed by atoms with E-state index in [1.165, 1.54) is 0 Å². The number of rotatable bonds is 4. The molecule has 14 heavy (non-hydrogen) atoms. The number of hydrogen-bond donors (Lipinski definition) is 1. The van der Waals surface area contributed by atoms with Crippen LogP contribution in [0.15, 0.2) is 36.9 Å². The van der Waals surface area contributed by atoms with Gasteiger partial charge < -0.3 is 5.73 Å². The molecule has 0 aliphatic carbocycles. The molecule has 0 aromatic heterocycles. The van der Waals surface area contributed by atoms with Crippen molar-refractivity contribution in [2.75, 3.05) is 0 Å². The fourth-order valence-electron chi connectivity index (χ4n) is 1.20. The van der Waals surface area contributed by atoms with Crippen LogP contribution in [0.4, 0.5) is 0 Å². The summed E-state index contributed by atoms with van der Waals surface area (Å²) in [4.78, 5) is 0. The number of halogens is 2. The minimum atomic E-state index is 0. The first-order chi connectivity index (χ1) is 6.24. The zero-order valence-corrected chi connectivity index (χ0v) is 9.52. The number of benzene rings is 1. The number of nitrogens with two attached hydrogens (primary N) is 1. The van der Waals surface area contributed by atoms with Crippen LogP contribution in [0.1, 0.15) is 24.4 Å². The Morgan fingerprint density at radius 1 is 1.50 bits per heavy atom. The molecule has 0 aliphatic heterocycles. The van der Waals surface area contributed by atoms with Crippen molar-refractivity contribution in [1.82, 2.24) is 0 Å². The molecule has 1 rings (SSSR count). The molecule has 0 saturated heterocycles. The molecule has 0 fully saturated rings. The third-order valence-corrected chi connectivity index (χ3v) is 2.19. The first-order valence-corrected chi connectivity index (χ1v) is 4.74. The first kappa shape index (κ1) is 13.5. The highest BCUT2D eigenvalue weighted by atomic mass is 35.5. The molecule has 1 aromatic carbocycles. The van der Waals surface area contributed by atoms with E-state index < -0.39 is 0 Å². The maximum atomic E-state index is 5.94. The van der Waals surface area contributed by atoms with Gasteiger partial charge in [0.25, 0.3) is 0 Å². The maximum absolute atomic E-state index is 5.94. The number of allylic oxidation sites excluding steroid dienone is 1. The minimum absolute atomic E-state index is 0. The Bertz CT molecular complexity index is 286. The van der Waals surface area contributed by atoms with Gasteiger partial charge in [0, 0.05) is 11.1 Å². The van der Waals surface area contributed by atoms with Gasteiger partial charge in [-0.25, -0.2) is 0 Å². The Kier molecular flexibility index (Phi) is 6.64. The van der Waals surface area contributed by atoms with E-state index in [1.807, 2.05) is 30.3 Å². The molecule has 3 heteroatoms. The minimum Gasteiger partial charge on any atom is -0.324 e. The summed E-state index contributed by atoms with van der Waals surface area (Å²) >= 11 is 5.85. The van der Waals surface area contributed by atoms with Gasteiger partial charge in [-0.1, -0.05) is 29.8 Å². The molecule has 1 atom stereocenters.